The highest BCUT2D eigenvalue weighted by Crippen LogP contribution is 2.31. The zero-order valence-corrected chi connectivity index (χ0v) is 10.6. The van der Waals surface area contributed by atoms with Crippen LogP contribution in [-0.4, -0.2) is 14.9 Å². The molecule has 2 rings (SSSR count). The lowest BCUT2D eigenvalue weighted by Crippen LogP contribution is -1.99. The molecule has 0 unspecified atom stereocenters. The molecule has 0 radical (unpaired) electrons. The maximum Gasteiger partial charge on any atom is 0.311 e. The fraction of sp³-hybridized carbons (Fsp3) is 0.0909. The minimum Gasteiger partial charge on any atom is -0.432 e. The molecule has 1 aromatic carbocycles. The van der Waals surface area contributed by atoms with Gasteiger partial charge < -0.3 is 10.5 Å². The van der Waals surface area contributed by atoms with Gasteiger partial charge in [0.1, 0.15) is 5.15 Å². The third kappa shape index (κ3) is 3.08. The summed E-state index contributed by atoms with van der Waals surface area (Å²) in [6, 6.07) is 5.90. The van der Waals surface area contributed by atoms with Gasteiger partial charge in [0, 0.05) is 12.1 Å². The molecule has 7 nitrogen and oxygen atoms in total. The lowest BCUT2D eigenvalue weighted by molar-refractivity contribution is -0.385. The Balaban J connectivity index is 2.40. The van der Waals surface area contributed by atoms with Crippen LogP contribution < -0.4 is 10.5 Å². The van der Waals surface area contributed by atoms with Gasteiger partial charge in [0.15, 0.2) is 0 Å². The summed E-state index contributed by atoms with van der Waals surface area (Å²) < 4.78 is 5.33. The highest BCUT2D eigenvalue weighted by atomic mass is 35.5. The van der Waals surface area contributed by atoms with E-state index in [1.807, 2.05) is 0 Å². The molecule has 0 saturated carbocycles. The van der Waals surface area contributed by atoms with Crippen molar-refractivity contribution in [3.8, 4) is 11.6 Å². The second kappa shape index (κ2) is 5.07. The van der Waals surface area contributed by atoms with Gasteiger partial charge in [-0.25, -0.2) is 4.98 Å². The van der Waals surface area contributed by atoms with Gasteiger partial charge in [0.25, 0.3) is 0 Å². The van der Waals surface area contributed by atoms with Crippen molar-refractivity contribution in [2.24, 2.45) is 0 Å². The van der Waals surface area contributed by atoms with Crippen molar-refractivity contribution in [3.05, 3.63) is 45.1 Å². The lowest BCUT2D eigenvalue weighted by atomic mass is 10.2. The van der Waals surface area contributed by atoms with Crippen molar-refractivity contribution in [3.63, 3.8) is 0 Å². The van der Waals surface area contributed by atoms with Crippen LogP contribution in [-0.2, 0) is 0 Å². The molecule has 8 heteroatoms. The van der Waals surface area contributed by atoms with Crippen molar-refractivity contribution in [1.29, 1.82) is 0 Å². The van der Waals surface area contributed by atoms with E-state index in [1.165, 1.54) is 18.2 Å². The van der Waals surface area contributed by atoms with Crippen LogP contribution in [0, 0.1) is 17.0 Å². The van der Waals surface area contributed by atoms with Crippen LogP contribution in [0.15, 0.2) is 24.3 Å². The predicted octanol–water partition coefficient (Wildman–Crippen LogP) is 2.72. The first-order chi connectivity index (χ1) is 8.95. The molecule has 19 heavy (non-hydrogen) atoms. The van der Waals surface area contributed by atoms with E-state index in [-0.39, 0.29) is 28.4 Å². The van der Waals surface area contributed by atoms with Crippen LogP contribution in [0.5, 0.6) is 11.6 Å². The fourth-order valence-electron chi connectivity index (χ4n) is 1.44. The predicted molar refractivity (Wildman–Crippen MR) is 69.4 cm³/mol. The molecule has 0 saturated heterocycles. The van der Waals surface area contributed by atoms with Gasteiger partial charge in [-0.1, -0.05) is 17.7 Å². The van der Waals surface area contributed by atoms with Gasteiger partial charge in [0.05, 0.1) is 4.92 Å². The molecule has 2 aromatic rings. The Morgan fingerprint density at radius 2 is 2.11 bits per heavy atom. The Labute approximate surface area is 113 Å². The quantitative estimate of drug-likeness (QED) is 0.526. The van der Waals surface area contributed by atoms with Crippen LogP contribution in [0.3, 0.4) is 0 Å². The average molecular weight is 281 g/mol. The number of nitrogens with two attached hydrogens (primary N) is 1. The fourth-order valence-corrected chi connectivity index (χ4v) is 1.62. The molecule has 2 N–H and O–H groups in total. The molecule has 0 aliphatic heterocycles. The summed E-state index contributed by atoms with van der Waals surface area (Å²) >= 11 is 5.70. The molecule has 0 bridgehead atoms. The van der Waals surface area contributed by atoms with Gasteiger partial charge in [-0.15, -0.1) is 0 Å². The number of ether oxygens (including phenoxy) is 1. The van der Waals surface area contributed by atoms with E-state index >= 15 is 0 Å². The van der Waals surface area contributed by atoms with Crippen LogP contribution >= 0.6 is 11.6 Å². The largest absolute Gasteiger partial charge is 0.432 e. The molecular weight excluding hydrogens is 272 g/mol. The summed E-state index contributed by atoms with van der Waals surface area (Å²) in [4.78, 5) is 17.9. The van der Waals surface area contributed by atoms with Crippen LogP contribution in [0.25, 0.3) is 0 Å². The number of nitrogen functional groups attached to an aromatic ring is 1. The van der Waals surface area contributed by atoms with Crippen molar-refractivity contribution < 1.29 is 9.66 Å². The number of aromatic nitrogens is 2. The summed E-state index contributed by atoms with van der Waals surface area (Å²) in [5.41, 5.74) is 6.00. The topological polar surface area (TPSA) is 104 Å². The van der Waals surface area contributed by atoms with Crippen molar-refractivity contribution in [2.75, 3.05) is 5.73 Å². The van der Waals surface area contributed by atoms with E-state index in [2.05, 4.69) is 9.97 Å². The van der Waals surface area contributed by atoms with Crippen molar-refractivity contribution in [1.82, 2.24) is 9.97 Å². The Bertz CT molecular complexity index is 628. The zero-order valence-electron chi connectivity index (χ0n) is 9.83. The second-order valence-electron chi connectivity index (χ2n) is 3.72. The minimum absolute atomic E-state index is 0.0458. The molecule has 1 aromatic heterocycles. The molecule has 0 atom stereocenters. The summed E-state index contributed by atoms with van der Waals surface area (Å²) in [6.07, 6.45) is 0. The van der Waals surface area contributed by atoms with E-state index in [9.17, 15) is 10.1 Å². The summed E-state index contributed by atoms with van der Waals surface area (Å²) in [6.45, 7) is 1.75. The van der Waals surface area contributed by atoms with Crippen LogP contribution in [0.2, 0.25) is 5.15 Å². The molecule has 0 spiro atoms. The highest BCUT2D eigenvalue weighted by molar-refractivity contribution is 6.29. The number of halogens is 1. The van der Waals surface area contributed by atoms with E-state index in [0.29, 0.717) is 0 Å². The van der Waals surface area contributed by atoms with Gasteiger partial charge in [-0.05, 0) is 18.6 Å². The molecule has 0 aliphatic rings. The second-order valence-corrected chi connectivity index (χ2v) is 4.10. The Hall–Kier alpha value is -2.41. The number of benzene rings is 1. The number of hydrogen-bond acceptors (Lipinski definition) is 6. The third-order valence-corrected chi connectivity index (χ3v) is 2.41. The van der Waals surface area contributed by atoms with Crippen molar-refractivity contribution in [2.45, 2.75) is 6.92 Å². The van der Waals surface area contributed by atoms with Crippen LogP contribution in [0.1, 0.15) is 5.56 Å². The summed E-state index contributed by atoms with van der Waals surface area (Å²) in [5, 5.41) is 11.0. The smallest absolute Gasteiger partial charge is 0.311 e. The number of nitro groups is 1. The Morgan fingerprint density at radius 1 is 1.37 bits per heavy atom. The standard InChI is InChI=1S/C11H9ClN4O3/c1-6-2-3-8(7(4-6)16(17)18)19-10-5-9(12)14-11(13)15-10/h2-5H,1H3,(H2,13,14,15). The molecule has 1 heterocycles. The molecule has 98 valence electrons. The number of rotatable bonds is 3. The summed E-state index contributed by atoms with van der Waals surface area (Å²) in [7, 11) is 0. The average Bonchev–Trinajstić information content (AvgIpc) is 2.30. The number of nitrogens with zero attached hydrogens (tertiary/aromatic N) is 3. The normalized spacial score (nSPS) is 10.2. The van der Waals surface area contributed by atoms with E-state index in [4.69, 9.17) is 22.1 Å². The lowest BCUT2D eigenvalue weighted by Gasteiger charge is -2.06. The molecule has 0 fully saturated rings. The van der Waals surface area contributed by atoms with Gasteiger partial charge in [-0.2, -0.15) is 4.98 Å². The minimum atomic E-state index is -0.533. The molecule has 0 amide bonds. The summed E-state index contributed by atoms with van der Waals surface area (Å²) in [5.74, 6) is 0.0338. The van der Waals surface area contributed by atoms with E-state index < -0.39 is 4.92 Å². The first-order valence-corrected chi connectivity index (χ1v) is 5.56. The molecule has 0 aliphatic carbocycles. The van der Waals surface area contributed by atoms with Gasteiger partial charge in [-0.3, -0.25) is 10.1 Å². The van der Waals surface area contributed by atoms with E-state index in [1.54, 1.807) is 13.0 Å². The number of hydrogen-bond donors (Lipinski definition) is 1. The van der Waals surface area contributed by atoms with Gasteiger partial charge >= 0.3 is 5.69 Å². The Kier molecular flexibility index (Phi) is 3.48. The maximum atomic E-state index is 10.9. The molecular formula is C11H9ClN4O3. The monoisotopic (exact) mass is 280 g/mol. The maximum absolute atomic E-state index is 10.9. The SMILES string of the molecule is Cc1ccc(Oc2cc(Cl)nc(N)n2)c([N+](=O)[O-])c1. The first-order valence-electron chi connectivity index (χ1n) is 5.18. The zero-order chi connectivity index (χ0) is 14.0. The number of aryl methyl sites for hydroxylation is 1. The van der Waals surface area contributed by atoms with Gasteiger partial charge in [0.2, 0.25) is 17.6 Å². The Morgan fingerprint density at radius 3 is 2.74 bits per heavy atom. The number of nitro benzene ring substituents is 1. The number of anilines is 1. The first kappa shape index (κ1) is 13.0. The van der Waals surface area contributed by atoms with E-state index in [0.717, 1.165) is 5.56 Å². The van der Waals surface area contributed by atoms with Crippen molar-refractivity contribution >= 4 is 23.2 Å². The third-order valence-electron chi connectivity index (χ3n) is 2.21. The van der Waals surface area contributed by atoms with Crippen LogP contribution in [0.4, 0.5) is 11.6 Å². The highest BCUT2D eigenvalue weighted by Gasteiger charge is 2.16.